The van der Waals surface area contributed by atoms with Crippen molar-refractivity contribution < 1.29 is 24.2 Å². The summed E-state index contributed by atoms with van der Waals surface area (Å²) in [7, 11) is 0. The molecule has 0 saturated carbocycles. The van der Waals surface area contributed by atoms with E-state index in [1.807, 2.05) is 24.3 Å². The van der Waals surface area contributed by atoms with E-state index in [1.54, 1.807) is 12.1 Å². The second kappa shape index (κ2) is 10.5. The van der Waals surface area contributed by atoms with Gasteiger partial charge in [0, 0.05) is 25.1 Å². The molecule has 0 fully saturated rings. The Labute approximate surface area is 197 Å². The Kier molecular flexibility index (Phi) is 7.03. The summed E-state index contributed by atoms with van der Waals surface area (Å²) in [5.41, 5.74) is 5.59. The fraction of sp³-hybridized carbons (Fsp3) is 0.148. The lowest BCUT2D eigenvalue weighted by Crippen LogP contribution is -2.26. The number of hydrogen-bond acceptors (Lipinski definition) is 4. The highest BCUT2D eigenvalue weighted by Gasteiger charge is 2.28. The number of alkyl carbamates (subject to hydrolysis) is 1. The Morgan fingerprint density at radius 3 is 2.09 bits per heavy atom. The van der Waals surface area contributed by atoms with Crippen molar-refractivity contribution in [3.8, 4) is 11.1 Å². The maximum absolute atomic E-state index is 12.1. The molecular weight excluding hydrogens is 432 g/mol. The second-order valence-electron chi connectivity index (χ2n) is 7.83. The quantitative estimate of drug-likeness (QED) is 0.443. The van der Waals surface area contributed by atoms with E-state index >= 15 is 0 Å². The molecule has 7 nitrogen and oxygen atoms in total. The van der Waals surface area contributed by atoms with Crippen LogP contribution >= 0.6 is 0 Å². The third kappa shape index (κ3) is 5.32. The predicted octanol–water partition coefficient (Wildman–Crippen LogP) is 4.10. The van der Waals surface area contributed by atoms with Crippen LogP contribution in [0.15, 0.2) is 84.9 Å². The summed E-state index contributed by atoms with van der Waals surface area (Å²) in [6.45, 7) is 0.644. The van der Waals surface area contributed by atoms with E-state index in [9.17, 15) is 14.4 Å². The van der Waals surface area contributed by atoms with Crippen LogP contribution in [0.2, 0.25) is 0 Å². The lowest BCUT2D eigenvalue weighted by Gasteiger charge is -2.14. The smallest absolute Gasteiger partial charge is 0.407 e. The molecule has 4 rings (SSSR count). The summed E-state index contributed by atoms with van der Waals surface area (Å²) in [4.78, 5) is 34.9. The van der Waals surface area contributed by atoms with E-state index in [2.05, 4.69) is 34.9 Å². The SMILES string of the molecule is O=C(/C=C/CNC(=O)OCC1c2ccccc2-c2ccccc21)NCc1ccc(C(=O)O)cc1. The number of ether oxygens (including phenoxy) is 1. The minimum absolute atomic E-state index is 0.0102. The van der Waals surface area contributed by atoms with Gasteiger partial charge < -0.3 is 20.5 Å². The van der Waals surface area contributed by atoms with Crippen LogP contribution in [0.25, 0.3) is 11.1 Å². The molecule has 172 valence electrons. The van der Waals surface area contributed by atoms with Gasteiger partial charge in [-0.2, -0.15) is 0 Å². The van der Waals surface area contributed by atoms with Gasteiger partial charge in [-0.1, -0.05) is 66.7 Å². The van der Waals surface area contributed by atoms with E-state index < -0.39 is 12.1 Å². The van der Waals surface area contributed by atoms with E-state index in [4.69, 9.17) is 9.84 Å². The number of nitrogens with one attached hydrogen (secondary N) is 2. The Morgan fingerprint density at radius 2 is 1.47 bits per heavy atom. The number of carbonyl (C=O) groups excluding carboxylic acids is 2. The molecule has 0 atom stereocenters. The first-order chi connectivity index (χ1) is 16.5. The molecule has 0 heterocycles. The minimum atomic E-state index is -0.998. The molecule has 3 aromatic carbocycles. The highest BCUT2D eigenvalue weighted by atomic mass is 16.5. The van der Waals surface area contributed by atoms with Gasteiger partial charge in [0.1, 0.15) is 6.61 Å². The molecule has 0 bridgehead atoms. The van der Waals surface area contributed by atoms with Crippen molar-refractivity contribution in [2.24, 2.45) is 0 Å². The number of amides is 2. The Morgan fingerprint density at radius 1 is 0.853 bits per heavy atom. The molecule has 1 aliphatic carbocycles. The van der Waals surface area contributed by atoms with Crippen molar-refractivity contribution >= 4 is 18.0 Å². The van der Waals surface area contributed by atoms with Gasteiger partial charge in [0.2, 0.25) is 5.91 Å². The van der Waals surface area contributed by atoms with Gasteiger partial charge in [0.15, 0.2) is 0 Å². The molecule has 0 spiro atoms. The van der Waals surface area contributed by atoms with E-state index in [0.717, 1.165) is 16.7 Å². The van der Waals surface area contributed by atoms with Gasteiger partial charge in [0.05, 0.1) is 5.56 Å². The standard InChI is InChI=1S/C27H24N2O5/c30-25(29-16-18-11-13-19(14-12-18)26(31)32)10-5-15-28-27(33)34-17-24-22-8-3-1-6-20(22)21-7-2-4-9-23(21)24/h1-14,24H,15-17H2,(H,28,33)(H,29,30)(H,31,32)/b10-5+. The van der Waals surface area contributed by atoms with Gasteiger partial charge in [-0.3, -0.25) is 4.79 Å². The van der Waals surface area contributed by atoms with Gasteiger partial charge >= 0.3 is 12.1 Å². The molecule has 0 aliphatic heterocycles. The lowest BCUT2D eigenvalue weighted by atomic mass is 9.98. The highest BCUT2D eigenvalue weighted by Crippen LogP contribution is 2.44. The van der Waals surface area contributed by atoms with Gasteiger partial charge in [-0.05, 0) is 39.9 Å². The fourth-order valence-electron chi connectivity index (χ4n) is 3.97. The van der Waals surface area contributed by atoms with E-state index in [0.29, 0.717) is 0 Å². The van der Waals surface area contributed by atoms with E-state index in [-0.39, 0.29) is 37.1 Å². The van der Waals surface area contributed by atoms with Crippen molar-refractivity contribution in [2.45, 2.75) is 12.5 Å². The van der Waals surface area contributed by atoms with Crippen LogP contribution < -0.4 is 10.6 Å². The third-order valence-corrected chi connectivity index (χ3v) is 5.64. The predicted molar refractivity (Wildman–Crippen MR) is 127 cm³/mol. The number of rotatable bonds is 8. The lowest BCUT2D eigenvalue weighted by molar-refractivity contribution is -0.116. The summed E-state index contributed by atoms with van der Waals surface area (Å²) in [5, 5.41) is 14.2. The number of carbonyl (C=O) groups is 3. The largest absolute Gasteiger partial charge is 0.478 e. The van der Waals surface area contributed by atoms with Crippen LogP contribution in [0.4, 0.5) is 4.79 Å². The summed E-state index contributed by atoms with van der Waals surface area (Å²) >= 11 is 0. The van der Waals surface area contributed by atoms with Crippen molar-refractivity contribution in [1.82, 2.24) is 10.6 Å². The highest BCUT2D eigenvalue weighted by molar-refractivity contribution is 5.88. The van der Waals surface area contributed by atoms with Gasteiger partial charge in [-0.15, -0.1) is 0 Å². The Hall–Kier alpha value is -4.39. The molecular formula is C27H24N2O5. The third-order valence-electron chi connectivity index (χ3n) is 5.64. The molecule has 7 heteroatoms. The van der Waals surface area contributed by atoms with Crippen molar-refractivity contribution in [1.29, 1.82) is 0 Å². The van der Waals surface area contributed by atoms with E-state index in [1.165, 1.54) is 35.4 Å². The molecule has 0 radical (unpaired) electrons. The molecule has 0 saturated heterocycles. The average molecular weight is 456 g/mol. The maximum Gasteiger partial charge on any atom is 0.407 e. The maximum atomic E-state index is 12.1. The molecule has 0 aromatic heterocycles. The number of carboxylic acid groups (broad SMARTS) is 1. The number of hydrogen-bond donors (Lipinski definition) is 3. The molecule has 3 aromatic rings. The summed E-state index contributed by atoms with van der Waals surface area (Å²) in [6, 6.07) is 22.5. The normalized spacial score (nSPS) is 12.1. The number of fused-ring (bicyclic) bond motifs is 3. The van der Waals surface area contributed by atoms with Crippen LogP contribution in [0.3, 0.4) is 0 Å². The molecule has 1 aliphatic rings. The molecule has 3 N–H and O–H groups in total. The second-order valence-corrected chi connectivity index (χ2v) is 7.83. The van der Waals surface area contributed by atoms with Gasteiger partial charge in [0.25, 0.3) is 0 Å². The molecule has 34 heavy (non-hydrogen) atoms. The first-order valence-corrected chi connectivity index (χ1v) is 10.9. The summed E-state index contributed by atoms with van der Waals surface area (Å²) < 4.78 is 5.45. The van der Waals surface area contributed by atoms with Crippen molar-refractivity contribution in [3.63, 3.8) is 0 Å². The number of aromatic carboxylic acids is 1. The number of benzene rings is 3. The Balaban J connectivity index is 1.20. The summed E-state index contributed by atoms with van der Waals surface area (Å²) in [6.07, 6.45) is 2.31. The van der Waals surface area contributed by atoms with Gasteiger partial charge in [-0.25, -0.2) is 9.59 Å². The zero-order chi connectivity index (χ0) is 23.9. The molecule has 2 amide bonds. The average Bonchev–Trinajstić information content (AvgIpc) is 3.18. The zero-order valence-electron chi connectivity index (χ0n) is 18.4. The van der Waals surface area contributed by atoms with Crippen molar-refractivity contribution in [2.75, 3.05) is 13.2 Å². The van der Waals surface area contributed by atoms with Crippen LogP contribution in [-0.2, 0) is 16.1 Å². The van der Waals surface area contributed by atoms with Crippen LogP contribution in [0.5, 0.6) is 0 Å². The summed E-state index contributed by atoms with van der Waals surface area (Å²) in [5.74, 6) is -1.33. The monoisotopic (exact) mass is 456 g/mol. The number of carboxylic acids is 1. The zero-order valence-corrected chi connectivity index (χ0v) is 18.4. The first kappa shape index (κ1) is 22.8. The fourth-order valence-corrected chi connectivity index (χ4v) is 3.97. The van der Waals surface area contributed by atoms with Crippen LogP contribution in [0.1, 0.15) is 33.0 Å². The first-order valence-electron chi connectivity index (χ1n) is 10.9. The van der Waals surface area contributed by atoms with Crippen molar-refractivity contribution in [3.05, 3.63) is 107 Å². The minimum Gasteiger partial charge on any atom is -0.478 e. The molecule has 0 unspecified atom stereocenters. The topological polar surface area (TPSA) is 105 Å². The van der Waals surface area contributed by atoms with Crippen LogP contribution in [-0.4, -0.2) is 36.2 Å². The Bertz CT molecular complexity index is 1190. The van der Waals surface area contributed by atoms with Crippen LogP contribution in [0, 0.1) is 0 Å².